The molecule has 1 saturated heterocycles. The van der Waals surface area contributed by atoms with Gasteiger partial charge < -0.3 is 19.2 Å². The van der Waals surface area contributed by atoms with Crippen LogP contribution in [0.15, 0.2) is 16.7 Å². The molecule has 0 aliphatic carbocycles. The summed E-state index contributed by atoms with van der Waals surface area (Å²) in [6.45, 7) is 6.12. The fourth-order valence-electron chi connectivity index (χ4n) is 2.11. The highest BCUT2D eigenvalue weighted by Gasteiger charge is 2.16. The molecule has 1 fully saturated rings. The Morgan fingerprint density at radius 2 is 2.44 bits per heavy atom. The van der Waals surface area contributed by atoms with E-state index in [1.54, 1.807) is 6.26 Å². The number of hydrogen-bond acceptors (Lipinski definition) is 4. The van der Waals surface area contributed by atoms with E-state index in [2.05, 4.69) is 12.2 Å². The lowest BCUT2D eigenvalue weighted by Gasteiger charge is -2.10. The van der Waals surface area contributed by atoms with Gasteiger partial charge in [-0.3, -0.25) is 0 Å². The lowest BCUT2D eigenvalue weighted by atomic mass is 10.2. The average molecular weight is 253 g/mol. The molecule has 4 heteroatoms. The molecule has 0 radical (unpaired) electrons. The molecule has 0 spiro atoms. The first-order chi connectivity index (χ1) is 8.90. The van der Waals surface area contributed by atoms with E-state index in [0.29, 0.717) is 13.2 Å². The van der Waals surface area contributed by atoms with Gasteiger partial charge in [0.25, 0.3) is 0 Å². The van der Waals surface area contributed by atoms with Crippen LogP contribution in [0.25, 0.3) is 0 Å². The fraction of sp³-hybridized carbons (Fsp3) is 0.714. The molecule has 4 nitrogen and oxygen atoms in total. The summed E-state index contributed by atoms with van der Waals surface area (Å²) >= 11 is 0. The molecule has 2 rings (SSSR count). The topological polar surface area (TPSA) is 43.6 Å². The van der Waals surface area contributed by atoms with Crippen molar-refractivity contribution in [1.29, 1.82) is 0 Å². The van der Waals surface area contributed by atoms with Crippen molar-refractivity contribution in [3.05, 3.63) is 23.7 Å². The summed E-state index contributed by atoms with van der Waals surface area (Å²) in [6.07, 6.45) is 5.42. The summed E-state index contributed by atoms with van der Waals surface area (Å²) < 4.78 is 16.6. The number of ether oxygens (including phenoxy) is 2. The van der Waals surface area contributed by atoms with Crippen LogP contribution in [0, 0.1) is 0 Å². The maximum Gasteiger partial charge on any atom is 0.133 e. The SMILES string of the molecule is CCCNCc1ccoc1COCC1CCCO1. The zero-order valence-electron chi connectivity index (χ0n) is 11.1. The molecule has 1 aromatic heterocycles. The summed E-state index contributed by atoms with van der Waals surface area (Å²) in [6, 6.07) is 2.01. The molecule has 1 atom stereocenters. The Balaban J connectivity index is 1.69. The Labute approximate surface area is 109 Å². The molecular formula is C14H23NO3. The maximum absolute atomic E-state index is 5.66. The van der Waals surface area contributed by atoms with E-state index in [4.69, 9.17) is 13.9 Å². The number of rotatable bonds is 8. The molecular weight excluding hydrogens is 230 g/mol. The average Bonchev–Trinajstić information content (AvgIpc) is 3.02. The second kappa shape index (κ2) is 7.56. The molecule has 18 heavy (non-hydrogen) atoms. The third kappa shape index (κ3) is 4.12. The van der Waals surface area contributed by atoms with Gasteiger partial charge in [0.2, 0.25) is 0 Å². The fourth-order valence-corrected chi connectivity index (χ4v) is 2.11. The van der Waals surface area contributed by atoms with Crippen LogP contribution in [0.5, 0.6) is 0 Å². The quantitative estimate of drug-likeness (QED) is 0.723. The van der Waals surface area contributed by atoms with Crippen molar-refractivity contribution < 1.29 is 13.9 Å². The lowest BCUT2D eigenvalue weighted by Crippen LogP contribution is -2.16. The molecule has 2 heterocycles. The number of hydrogen-bond donors (Lipinski definition) is 1. The summed E-state index contributed by atoms with van der Waals surface area (Å²) in [5.41, 5.74) is 1.19. The second-order valence-corrected chi connectivity index (χ2v) is 4.70. The van der Waals surface area contributed by atoms with Crippen LogP contribution in [0.2, 0.25) is 0 Å². The van der Waals surface area contributed by atoms with Gasteiger partial charge in [0.1, 0.15) is 12.4 Å². The van der Waals surface area contributed by atoms with Gasteiger partial charge >= 0.3 is 0 Å². The molecule has 0 bridgehead atoms. The van der Waals surface area contributed by atoms with Crippen LogP contribution in [0.3, 0.4) is 0 Å². The van der Waals surface area contributed by atoms with Crippen molar-refractivity contribution in [2.75, 3.05) is 19.8 Å². The minimum absolute atomic E-state index is 0.279. The predicted molar refractivity (Wildman–Crippen MR) is 69.3 cm³/mol. The molecule has 102 valence electrons. The molecule has 1 unspecified atom stereocenters. The normalized spacial score (nSPS) is 19.5. The van der Waals surface area contributed by atoms with Crippen molar-refractivity contribution in [2.24, 2.45) is 0 Å². The van der Waals surface area contributed by atoms with E-state index in [9.17, 15) is 0 Å². The number of furan rings is 1. The minimum atomic E-state index is 0.279. The van der Waals surface area contributed by atoms with Gasteiger partial charge in [-0.15, -0.1) is 0 Å². The van der Waals surface area contributed by atoms with Crippen LogP contribution < -0.4 is 5.32 Å². The third-order valence-electron chi connectivity index (χ3n) is 3.14. The van der Waals surface area contributed by atoms with Crippen LogP contribution in [0.1, 0.15) is 37.5 Å². The van der Waals surface area contributed by atoms with Crippen molar-refractivity contribution in [2.45, 2.75) is 45.4 Å². The van der Waals surface area contributed by atoms with Crippen LogP contribution in [0.4, 0.5) is 0 Å². The van der Waals surface area contributed by atoms with Gasteiger partial charge in [-0.2, -0.15) is 0 Å². The Hall–Kier alpha value is -0.840. The first-order valence-electron chi connectivity index (χ1n) is 6.85. The van der Waals surface area contributed by atoms with Gasteiger partial charge in [-0.25, -0.2) is 0 Å². The van der Waals surface area contributed by atoms with Crippen molar-refractivity contribution >= 4 is 0 Å². The van der Waals surface area contributed by atoms with Gasteiger partial charge in [-0.1, -0.05) is 6.92 Å². The highest BCUT2D eigenvalue weighted by atomic mass is 16.5. The standard InChI is InChI=1S/C14H23NO3/c1-2-6-15-9-12-5-8-18-14(12)11-16-10-13-4-3-7-17-13/h5,8,13,15H,2-4,6-7,9-11H2,1H3. The Kier molecular flexibility index (Phi) is 5.71. The molecule has 1 aliphatic rings. The largest absolute Gasteiger partial charge is 0.467 e. The lowest BCUT2D eigenvalue weighted by molar-refractivity contribution is 0.00553. The molecule has 0 saturated carbocycles. The van der Waals surface area contributed by atoms with Gasteiger partial charge in [-0.05, 0) is 31.9 Å². The maximum atomic E-state index is 5.66. The van der Waals surface area contributed by atoms with E-state index in [1.165, 1.54) is 5.56 Å². The predicted octanol–water partition coefficient (Wildman–Crippen LogP) is 2.47. The monoisotopic (exact) mass is 253 g/mol. The van der Waals surface area contributed by atoms with E-state index < -0.39 is 0 Å². The third-order valence-corrected chi connectivity index (χ3v) is 3.14. The van der Waals surface area contributed by atoms with Crippen LogP contribution >= 0.6 is 0 Å². The Morgan fingerprint density at radius 1 is 1.50 bits per heavy atom. The first kappa shape index (κ1) is 13.6. The van der Waals surface area contributed by atoms with Crippen LogP contribution in [-0.4, -0.2) is 25.9 Å². The first-order valence-corrected chi connectivity index (χ1v) is 6.85. The van der Waals surface area contributed by atoms with Crippen molar-refractivity contribution in [3.8, 4) is 0 Å². The smallest absolute Gasteiger partial charge is 0.133 e. The Morgan fingerprint density at radius 3 is 3.22 bits per heavy atom. The zero-order valence-corrected chi connectivity index (χ0v) is 11.1. The summed E-state index contributed by atoms with van der Waals surface area (Å²) in [5.74, 6) is 0.927. The van der Waals surface area contributed by atoms with E-state index in [0.717, 1.165) is 44.7 Å². The highest BCUT2D eigenvalue weighted by Crippen LogP contribution is 2.15. The summed E-state index contributed by atoms with van der Waals surface area (Å²) in [7, 11) is 0. The van der Waals surface area contributed by atoms with Crippen LogP contribution in [-0.2, 0) is 22.6 Å². The van der Waals surface area contributed by atoms with E-state index in [-0.39, 0.29) is 6.10 Å². The number of nitrogens with one attached hydrogen (secondary N) is 1. The van der Waals surface area contributed by atoms with E-state index in [1.807, 2.05) is 6.07 Å². The van der Waals surface area contributed by atoms with Crippen molar-refractivity contribution in [1.82, 2.24) is 5.32 Å². The molecule has 0 amide bonds. The van der Waals surface area contributed by atoms with Gasteiger partial charge in [0, 0.05) is 18.7 Å². The highest BCUT2D eigenvalue weighted by molar-refractivity contribution is 5.16. The van der Waals surface area contributed by atoms with E-state index >= 15 is 0 Å². The summed E-state index contributed by atoms with van der Waals surface area (Å²) in [4.78, 5) is 0. The minimum Gasteiger partial charge on any atom is -0.467 e. The molecule has 1 aliphatic heterocycles. The van der Waals surface area contributed by atoms with Gasteiger partial charge in [0.05, 0.1) is 19.0 Å². The molecule has 1 N–H and O–H groups in total. The van der Waals surface area contributed by atoms with Crippen molar-refractivity contribution in [3.63, 3.8) is 0 Å². The van der Waals surface area contributed by atoms with Gasteiger partial charge in [0.15, 0.2) is 0 Å². The second-order valence-electron chi connectivity index (χ2n) is 4.70. The Bertz CT molecular complexity index is 332. The zero-order chi connectivity index (χ0) is 12.6. The molecule has 1 aromatic rings. The summed E-state index contributed by atoms with van der Waals surface area (Å²) in [5, 5.41) is 3.37. The molecule has 0 aromatic carbocycles.